The Hall–Kier alpha value is -1.51. The molecule has 0 aromatic carbocycles. The Morgan fingerprint density at radius 2 is 2.00 bits per heavy atom. The molecule has 1 aliphatic heterocycles. The van der Waals surface area contributed by atoms with Crippen molar-refractivity contribution >= 4 is 6.08 Å². The molecule has 1 aromatic heterocycles. The van der Waals surface area contributed by atoms with E-state index in [1.807, 2.05) is 12.1 Å². The van der Waals surface area contributed by atoms with Gasteiger partial charge in [-0.25, -0.2) is 4.79 Å². The normalized spacial score (nSPS) is 34.1. The quantitative estimate of drug-likeness (QED) is 0.721. The predicted octanol–water partition coefficient (Wildman–Crippen LogP) is 4.08. The van der Waals surface area contributed by atoms with Gasteiger partial charge in [0, 0.05) is 12.0 Å². The van der Waals surface area contributed by atoms with Crippen LogP contribution in [0.15, 0.2) is 21.4 Å². The van der Waals surface area contributed by atoms with Crippen molar-refractivity contribution in [3.63, 3.8) is 0 Å². The molecular formula is C18H22O3. The van der Waals surface area contributed by atoms with Gasteiger partial charge in [0.25, 0.3) is 0 Å². The maximum absolute atomic E-state index is 11.9. The van der Waals surface area contributed by atoms with E-state index < -0.39 is 0 Å². The van der Waals surface area contributed by atoms with Crippen molar-refractivity contribution in [2.45, 2.75) is 57.5 Å². The van der Waals surface area contributed by atoms with Crippen LogP contribution in [0.1, 0.15) is 56.3 Å². The molecule has 1 spiro atoms. The molecule has 112 valence electrons. The van der Waals surface area contributed by atoms with E-state index in [2.05, 4.69) is 6.08 Å². The van der Waals surface area contributed by atoms with E-state index in [-0.39, 0.29) is 11.2 Å². The Bertz CT molecular complexity index is 640. The molecule has 0 bridgehead atoms. The summed E-state index contributed by atoms with van der Waals surface area (Å²) in [6.45, 7) is 1.81. The van der Waals surface area contributed by atoms with Crippen LogP contribution in [0.4, 0.5) is 0 Å². The summed E-state index contributed by atoms with van der Waals surface area (Å²) in [5.74, 6) is 2.74. The number of hydrogen-bond donors (Lipinski definition) is 0. The van der Waals surface area contributed by atoms with Gasteiger partial charge < -0.3 is 9.15 Å². The van der Waals surface area contributed by atoms with E-state index in [0.717, 1.165) is 18.1 Å². The van der Waals surface area contributed by atoms with E-state index in [1.54, 1.807) is 6.92 Å². The number of fused-ring (bicyclic) bond motifs is 3. The zero-order chi connectivity index (χ0) is 14.4. The maximum Gasteiger partial charge on any atom is 0.346 e. The standard InChI is InChI=1S/C18H22O3/c1-12-11-16-14(17(19)20-12)8-10-18(21-16)9-4-6-13-5-2-3-7-15(13)18/h8,10-11,13,15H,2-7,9H2,1H3/t13-,15+,18+/m0/s1. The third kappa shape index (κ3) is 2.05. The van der Waals surface area contributed by atoms with Gasteiger partial charge in [0.1, 0.15) is 22.7 Å². The van der Waals surface area contributed by atoms with Crippen LogP contribution in [0.25, 0.3) is 6.08 Å². The van der Waals surface area contributed by atoms with Gasteiger partial charge in [-0.2, -0.15) is 0 Å². The molecule has 2 heterocycles. The van der Waals surface area contributed by atoms with Gasteiger partial charge in [-0.1, -0.05) is 19.3 Å². The molecule has 0 amide bonds. The molecule has 3 nitrogen and oxygen atoms in total. The first-order valence-electron chi connectivity index (χ1n) is 8.21. The van der Waals surface area contributed by atoms with E-state index >= 15 is 0 Å². The third-order valence-electron chi connectivity index (χ3n) is 5.58. The van der Waals surface area contributed by atoms with Crippen LogP contribution in [0.3, 0.4) is 0 Å². The van der Waals surface area contributed by atoms with Crippen LogP contribution in [0.2, 0.25) is 0 Å². The second-order valence-corrected chi connectivity index (χ2v) is 6.86. The highest BCUT2D eigenvalue weighted by atomic mass is 16.5. The molecule has 1 aromatic rings. The molecular weight excluding hydrogens is 264 g/mol. The van der Waals surface area contributed by atoms with Gasteiger partial charge >= 0.3 is 5.63 Å². The Labute approximate surface area is 125 Å². The average molecular weight is 286 g/mol. The molecule has 2 saturated carbocycles. The van der Waals surface area contributed by atoms with Crippen LogP contribution in [-0.4, -0.2) is 5.60 Å². The zero-order valence-corrected chi connectivity index (χ0v) is 12.6. The second-order valence-electron chi connectivity index (χ2n) is 6.86. The Morgan fingerprint density at radius 1 is 1.19 bits per heavy atom. The second kappa shape index (κ2) is 4.75. The zero-order valence-electron chi connectivity index (χ0n) is 12.6. The smallest absolute Gasteiger partial charge is 0.346 e. The van der Waals surface area contributed by atoms with E-state index in [1.165, 1.54) is 38.5 Å². The summed E-state index contributed by atoms with van der Waals surface area (Å²) in [5, 5.41) is 0. The Morgan fingerprint density at radius 3 is 2.90 bits per heavy atom. The molecule has 3 aliphatic rings. The summed E-state index contributed by atoms with van der Waals surface area (Å²) in [7, 11) is 0. The minimum Gasteiger partial charge on any atom is -0.482 e. The summed E-state index contributed by atoms with van der Waals surface area (Å²) in [6, 6.07) is 1.87. The Balaban J connectivity index is 1.75. The van der Waals surface area contributed by atoms with Crippen molar-refractivity contribution in [3.05, 3.63) is 33.9 Å². The predicted molar refractivity (Wildman–Crippen MR) is 81.4 cm³/mol. The fourth-order valence-corrected chi connectivity index (χ4v) is 4.65. The highest BCUT2D eigenvalue weighted by Gasteiger charge is 2.48. The monoisotopic (exact) mass is 286 g/mol. The van der Waals surface area contributed by atoms with E-state index in [9.17, 15) is 4.79 Å². The lowest BCUT2D eigenvalue weighted by Crippen LogP contribution is -2.50. The highest BCUT2D eigenvalue weighted by Crippen LogP contribution is 2.50. The lowest BCUT2D eigenvalue weighted by atomic mass is 9.62. The Kier molecular flexibility index (Phi) is 2.98. The summed E-state index contributed by atoms with van der Waals surface area (Å²) < 4.78 is 11.6. The number of hydrogen-bond acceptors (Lipinski definition) is 3. The van der Waals surface area contributed by atoms with Crippen LogP contribution >= 0.6 is 0 Å². The largest absolute Gasteiger partial charge is 0.482 e. The van der Waals surface area contributed by atoms with Crippen molar-refractivity contribution in [3.8, 4) is 5.75 Å². The van der Waals surface area contributed by atoms with E-state index in [0.29, 0.717) is 17.2 Å². The summed E-state index contributed by atoms with van der Waals surface area (Å²) in [6.07, 6.45) is 13.0. The van der Waals surface area contributed by atoms with Gasteiger partial charge in [-0.3, -0.25) is 0 Å². The van der Waals surface area contributed by atoms with Crippen LogP contribution in [-0.2, 0) is 0 Å². The molecule has 3 heteroatoms. The summed E-state index contributed by atoms with van der Waals surface area (Å²) in [4.78, 5) is 11.9. The first kappa shape index (κ1) is 13.2. The van der Waals surface area contributed by atoms with Gasteiger partial charge in [0.05, 0.1) is 0 Å². The van der Waals surface area contributed by atoms with Crippen molar-refractivity contribution in [2.75, 3.05) is 0 Å². The maximum atomic E-state index is 11.9. The van der Waals surface area contributed by atoms with Gasteiger partial charge in [0.2, 0.25) is 0 Å². The molecule has 21 heavy (non-hydrogen) atoms. The lowest BCUT2D eigenvalue weighted by molar-refractivity contribution is -0.0335. The van der Waals surface area contributed by atoms with Crippen molar-refractivity contribution in [1.29, 1.82) is 0 Å². The van der Waals surface area contributed by atoms with Crippen LogP contribution in [0, 0.1) is 18.8 Å². The van der Waals surface area contributed by atoms with Crippen molar-refractivity contribution in [2.24, 2.45) is 11.8 Å². The summed E-state index contributed by atoms with van der Waals surface area (Å²) >= 11 is 0. The van der Waals surface area contributed by atoms with E-state index in [4.69, 9.17) is 9.15 Å². The topological polar surface area (TPSA) is 39.4 Å². The average Bonchev–Trinajstić information content (AvgIpc) is 2.47. The van der Waals surface area contributed by atoms with Gasteiger partial charge in [-0.15, -0.1) is 0 Å². The van der Waals surface area contributed by atoms with Crippen molar-refractivity contribution < 1.29 is 9.15 Å². The number of aryl methyl sites for hydroxylation is 1. The minimum absolute atomic E-state index is 0.184. The fourth-order valence-electron chi connectivity index (χ4n) is 4.65. The molecule has 0 radical (unpaired) electrons. The number of ether oxygens (including phenoxy) is 1. The molecule has 0 N–H and O–H groups in total. The van der Waals surface area contributed by atoms with Crippen LogP contribution in [0.5, 0.6) is 5.75 Å². The third-order valence-corrected chi connectivity index (χ3v) is 5.58. The van der Waals surface area contributed by atoms with Crippen LogP contribution < -0.4 is 10.4 Å². The van der Waals surface area contributed by atoms with Gasteiger partial charge in [0.15, 0.2) is 0 Å². The first-order chi connectivity index (χ1) is 10.2. The van der Waals surface area contributed by atoms with Gasteiger partial charge in [-0.05, 0) is 50.7 Å². The molecule has 2 fully saturated rings. The number of rotatable bonds is 0. The molecule has 3 atom stereocenters. The molecule has 0 unspecified atom stereocenters. The fraction of sp³-hybridized carbons (Fsp3) is 0.611. The minimum atomic E-state index is -0.285. The molecule has 2 aliphatic carbocycles. The molecule has 4 rings (SSSR count). The first-order valence-corrected chi connectivity index (χ1v) is 8.21. The SMILES string of the molecule is Cc1cc2c(c(=O)o1)C=C[C@@]1(CCC[C@@H]3CCCC[C@H]31)O2. The molecule has 0 saturated heterocycles. The summed E-state index contributed by atoms with van der Waals surface area (Å²) in [5.41, 5.74) is 0.104. The highest BCUT2D eigenvalue weighted by molar-refractivity contribution is 5.60. The van der Waals surface area contributed by atoms with Crippen molar-refractivity contribution in [1.82, 2.24) is 0 Å². The lowest BCUT2D eigenvalue weighted by Gasteiger charge is -2.49.